The van der Waals surface area contributed by atoms with Crippen LogP contribution >= 0.6 is 0 Å². The summed E-state index contributed by atoms with van der Waals surface area (Å²) in [4.78, 5) is 2.29. The van der Waals surface area contributed by atoms with Crippen LogP contribution in [-0.4, -0.2) is 25.3 Å². The van der Waals surface area contributed by atoms with Crippen molar-refractivity contribution in [2.24, 2.45) is 0 Å². The van der Waals surface area contributed by atoms with Gasteiger partial charge in [-0.25, -0.2) is 0 Å². The Morgan fingerprint density at radius 2 is 2.21 bits per heavy atom. The average Bonchev–Trinajstić information content (AvgIpc) is 2.23. The summed E-state index contributed by atoms with van der Waals surface area (Å²) < 4.78 is 0. The summed E-state index contributed by atoms with van der Waals surface area (Å²) in [6, 6.07) is 8.52. The third-order valence-corrected chi connectivity index (χ3v) is 3.08. The van der Waals surface area contributed by atoms with E-state index >= 15 is 0 Å². The van der Waals surface area contributed by atoms with Crippen LogP contribution < -0.4 is 4.90 Å². The second-order valence-corrected chi connectivity index (χ2v) is 3.98. The molecule has 1 N–H and O–H groups in total. The molecule has 0 spiro atoms. The molecule has 1 heterocycles. The van der Waals surface area contributed by atoms with Crippen LogP contribution in [-0.2, 0) is 0 Å². The van der Waals surface area contributed by atoms with Crippen LogP contribution in [0.4, 0.5) is 5.69 Å². The van der Waals surface area contributed by atoms with Crippen molar-refractivity contribution in [2.75, 3.05) is 25.1 Å². The summed E-state index contributed by atoms with van der Waals surface area (Å²) >= 11 is 0. The minimum absolute atomic E-state index is 0.294. The van der Waals surface area contributed by atoms with Crippen LogP contribution in [0.3, 0.4) is 0 Å². The summed E-state index contributed by atoms with van der Waals surface area (Å²) in [5.74, 6) is 0.549. The van der Waals surface area contributed by atoms with E-state index in [-0.39, 0.29) is 0 Å². The van der Waals surface area contributed by atoms with Gasteiger partial charge < -0.3 is 10.0 Å². The molecule has 76 valence electrons. The van der Waals surface area contributed by atoms with Crippen LogP contribution in [0.2, 0.25) is 0 Å². The number of para-hydroxylation sites is 1. The van der Waals surface area contributed by atoms with Crippen molar-refractivity contribution in [1.29, 1.82) is 0 Å². The van der Waals surface area contributed by atoms with Crippen molar-refractivity contribution in [2.45, 2.75) is 18.8 Å². The molecule has 1 aliphatic rings. The number of anilines is 1. The standard InChI is InChI=1S/C12H17NO/c1-13-8-6-10(7-9-14)11-4-2-3-5-12(11)13/h2-5,10,14H,6-9H2,1H3. The molecule has 0 saturated carbocycles. The summed E-state index contributed by atoms with van der Waals surface area (Å²) in [6.07, 6.45) is 2.05. The summed E-state index contributed by atoms with van der Waals surface area (Å²) in [5, 5.41) is 9.00. The fraction of sp³-hybridized carbons (Fsp3) is 0.500. The molecule has 1 aliphatic heterocycles. The first-order chi connectivity index (χ1) is 6.83. The van der Waals surface area contributed by atoms with Crippen molar-refractivity contribution in [1.82, 2.24) is 0 Å². The molecule has 2 heteroatoms. The molecule has 2 rings (SSSR count). The smallest absolute Gasteiger partial charge is 0.0436 e. The molecule has 1 aromatic carbocycles. The summed E-state index contributed by atoms with van der Waals surface area (Å²) in [6.45, 7) is 1.39. The van der Waals surface area contributed by atoms with E-state index in [0.717, 1.165) is 19.4 Å². The highest BCUT2D eigenvalue weighted by molar-refractivity contribution is 5.56. The number of hydrogen-bond acceptors (Lipinski definition) is 2. The number of aliphatic hydroxyl groups excluding tert-OH is 1. The Morgan fingerprint density at radius 1 is 1.43 bits per heavy atom. The Kier molecular flexibility index (Phi) is 2.73. The minimum atomic E-state index is 0.294. The molecule has 0 amide bonds. The van der Waals surface area contributed by atoms with Gasteiger partial charge >= 0.3 is 0 Å². The zero-order valence-electron chi connectivity index (χ0n) is 8.61. The normalized spacial score (nSPS) is 20.7. The predicted octanol–water partition coefficient (Wildman–Crippen LogP) is 1.99. The SMILES string of the molecule is CN1CCC(CCO)c2ccccc21. The third kappa shape index (κ3) is 1.62. The first-order valence-corrected chi connectivity index (χ1v) is 5.24. The van der Waals surface area contributed by atoms with Gasteiger partial charge in [-0.15, -0.1) is 0 Å². The largest absolute Gasteiger partial charge is 0.396 e. The maximum Gasteiger partial charge on any atom is 0.0436 e. The van der Waals surface area contributed by atoms with Crippen molar-refractivity contribution >= 4 is 5.69 Å². The first kappa shape index (κ1) is 9.53. The molecule has 1 aromatic rings. The molecule has 0 saturated heterocycles. The number of fused-ring (bicyclic) bond motifs is 1. The lowest BCUT2D eigenvalue weighted by molar-refractivity contribution is 0.272. The number of nitrogens with zero attached hydrogens (tertiary/aromatic N) is 1. The number of aliphatic hydroxyl groups is 1. The zero-order valence-corrected chi connectivity index (χ0v) is 8.61. The van der Waals surface area contributed by atoms with Crippen molar-refractivity contribution < 1.29 is 5.11 Å². The van der Waals surface area contributed by atoms with E-state index in [9.17, 15) is 0 Å². The molecule has 0 aliphatic carbocycles. The molecule has 0 bridgehead atoms. The van der Waals surface area contributed by atoms with E-state index in [4.69, 9.17) is 5.11 Å². The van der Waals surface area contributed by atoms with E-state index in [0.29, 0.717) is 12.5 Å². The zero-order chi connectivity index (χ0) is 9.97. The van der Waals surface area contributed by atoms with Gasteiger partial charge in [0, 0.05) is 25.9 Å². The second kappa shape index (κ2) is 4.01. The van der Waals surface area contributed by atoms with Crippen molar-refractivity contribution in [3.63, 3.8) is 0 Å². The van der Waals surface area contributed by atoms with Gasteiger partial charge in [0.1, 0.15) is 0 Å². The molecule has 0 fully saturated rings. The number of hydrogen-bond donors (Lipinski definition) is 1. The van der Waals surface area contributed by atoms with E-state index in [1.807, 2.05) is 0 Å². The maximum atomic E-state index is 9.00. The molecule has 14 heavy (non-hydrogen) atoms. The monoisotopic (exact) mass is 191 g/mol. The highest BCUT2D eigenvalue weighted by Gasteiger charge is 2.21. The maximum absolute atomic E-state index is 9.00. The van der Waals surface area contributed by atoms with Gasteiger partial charge in [0.05, 0.1) is 0 Å². The van der Waals surface area contributed by atoms with Crippen LogP contribution in [0.5, 0.6) is 0 Å². The predicted molar refractivity (Wildman–Crippen MR) is 58.8 cm³/mol. The Hall–Kier alpha value is -1.02. The van der Waals surface area contributed by atoms with Crippen LogP contribution in [0.15, 0.2) is 24.3 Å². The molecule has 2 nitrogen and oxygen atoms in total. The first-order valence-electron chi connectivity index (χ1n) is 5.24. The molecule has 1 atom stereocenters. The van der Waals surface area contributed by atoms with Gasteiger partial charge in [0.15, 0.2) is 0 Å². The van der Waals surface area contributed by atoms with Gasteiger partial charge in [0.2, 0.25) is 0 Å². The van der Waals surface area contributed by atoms with Gasteiger partial charge in [-0.05, 0) is 30.4 Å². The van der Waals surface area contributed by atoms with E-state index in [1.54, 1.807) is 0 Å². The van der Waals surface area contributed by atoms with Crippen molar-refractivity contribution in [3.8, 4) is 0 Å². The number of rotatable bonds is 2. The van der Waals surface area contributed by atoms with Crippen LogP contribution in [0.1, 0.15) is 24.3 Å². The molecule has 0 aromatic heterocycles. The Bertz CT molecular complexity index is 311. The molecule has 1 unspecified atom stereocenters. The molecular weight excluding hydrogens is 174 g/mol. The van der Waals surface area contributed by atoms with Gasteiger partial charge in [-0.3, -0.25) is 0 Å². The van der Waals surface area contributed by atoms with Gasteiger partial charge in [0.25, 0.3) is 0 Å². The molecular formula is C12H17NO. The highest BCUT2D eigenvalue weighted by atomic mass is 16.3. The Labute approximate surface area is 85.2 Å². The lowest BCUT2D eigenvalue weighted by Gasteiger charge is -2.32. The van der Waals surface area contributed by atoms with Gasteiger partial charge in [-0.1, -0.05) is 18.2 Å². The fourth-order valence-electron chi connectivity index (χ4n) is 2.26. The molecule has 0 radical (unpaired) electrons. The third-order valence-electron chi connectivity index (χ3n) is 3.08. The summed E-state index contributed by atoms with van der Waals surface area (Å²) in [7, 11) is 2.13. The lowest BCUT2D eigenvalue weighted by atomic mass is 9.88. The van der Waals surface area contributed by atoms with Crippen LogP contribution in [0.25, 0.3) is 0 Å². The average molecular weight is 191 g/mol. The van der Waals surface area contributed by atoms with E-state index in [2.05, 4.69) is 36.2 Å². The fourth-order valence-corrected chi connectivity index (χ4v) is 2.26. The summed E-state index contributed by atoms with van der Waals surface area (Å²) in [5.41, 5.74) is 2.73. The highest BCUT2D eigenvalue weighted by Crippen LogP contribution is 2.35. The quantitative estimate of drug-likeness (QED) is 0.772. The Morgan fingerprint density at radius 3 is 3.00 bits per heavy atom. The Balaban J connectivity index is 2.31. The minimum Gasteiger partial charge on any atom is -0.396 e. The van der Waals surface area contributed by atoms with Gasteiger partial charge in [-0.2, -0.15) is 0 Å². The number of benzene rings is 1. The topological polar surface area (TPSA) is 23.5 Å². The van der Waals surface area contributed by atoms with Crippen LogP contribution in [0, 0.1) is 0 Å². The van der Waals surface area contributed by atoms with E-state index in [1.165, 1.54) is 11.3 Å². The second-order valence-electron chi connectivity index (χ2n) is 3.98. The van der Waals surface area contributed by atoms with E-state index < -0.39 is 0 Å². The lowest BCUT2D eigenvalue weighted by Crippen LogP contribution is -2.27. The van der Waals surface area contributed by atoms with Crippen molar-refractivity contribution in [3.05, 3.63) is 29.8 Å².